The van der Waals surface area contributed by atoms with Crippen molar-refractivity contribution in [2.24, 2.45) is 5.92 Å². The quantitative estimate of drug-likeness (QED) is 0.604. The SMILES string of the molecule is COc1ccc2c3c1O[C@H]1[C@@H](N(CC(C)C)C(=O)C=Cc4ccccc4)CC[C@@]4(O)[C@@H](C2)N(C)CC[C@]314. The van der Waals surface area contributed by atoms with Crippen molar-refractivity contribution in [1.29, 1.82) is 0 Å². The van der Waals surface area contributed by atoms with Gasteiger partial charge in [0.1, 0.15) is 6.10 Å². The molecule has 0 unspecified atom stereocenters. The lowest BCUT2D eigenvalue weighted by atomic mass is 9.48. The second-order valence-corrected chi connectivity index (χ2v) is 11.8. The fourth-order valence-electron chi connectivity index (χ4n) is 7.81. The standard InChI is InChI=1S/C31H38N2O4/c1-20(2)19-33(26(34)13-10-21-8-6-5-7-9-21)23-14-15-31(35)25-18-22-11-12-24(36-4)28-27(22)30(31,29(23)37-28)16-17-32(25)3/h5-13,20,23,25,29,35H,14-19H2,1-4H3/t23-,25+,29-,30-,31+/m0/s1. The third-order valence-electron chi connectivity index (χ3n) is 9.37. The highest BCUT2D eigenvalue weighted by molar-refractivity contribution is 5.92. The molecule has 2 aromatic carbocycles. The molecule has 6 nitrogen and oxygen atoms in total. The van der Waals surface area contributed by atoms with E-state index in [9.17, 15) is 9.90 Å². The maximum absolute atomic E-state index is 13.8. The summed E-state index contributed by atoms with van der Waals surface area (Å²) < 4.78 is 12.6. The maximum atomic E-state index is 13.8. The maximum Gasteiger partial charge on any atom is 0.246 e. The molecular weight excluding hydrogens is 464 g/mol. The van der Waals surface area contributed by atoms with Gasteiger partial charge in [-0.15, -0.1) is 0 Å². The number of methoxy groups -OCH3 is 1. The lowest BCUT2D eigenvalue weighted by Crippen LogP contribution is -2.78. The third-order valence-corrected chi connectivity index (χ3v) is 9.37. The second-order valence-electron chi connectivity index (χ2n) is 11.8. The topological polar surface area (TPSA) is 62.2 Å². The summed E-state index contributed by atoms with van der Waals surface area (Å²) in [6, 6.07) is 14.0. The van der Waals surface area contributed by atoms with Gasteiger partial charge in [0.15, 0.2) is 11.5 Å². The minimum absolute atomic E-state index is 0.00331. The monoisotopic (exact) mass is 502 g/mol. The third kappa shape index (κ3) is 3.48. The zero-order chi connectivity index (χ0) is 25.9. The van der Waals surface area contributed by atoms with E-state index in [1.54, 1.807) is 13.2 Å². The highest BCUT2D eigenvalue weighted by Gasteiger charge is 2.73. The number of likely N-dealkylation sites (N-methyl/N-ethyl adjacent to an activating group) is 1. The van der Waals surface area contributed by atoms with E-state index in [1.165, 1.54) is 5.56 Å². The number of hydrogen-bond acceptors (Lipinski definition) is 5. The molecule has 1 saturated carbocycles. The van der Waals surface area contributed by atoms with E-state index in [-0.39, 0.29) is 24.1 Å². The number of ether oxygens (including phenoxy) is 2. The van der Waals surface area contributed by atoms with Gasteiger partial charge in [0.05, 0.1) is 24.2 Å². The van der Waals surface area contributed by atoms with Crippen molar-refractivity contribution < 1.29 is 19.4 Å². The first-order valence-corrected chi connectivity index (χ1v) is 13.6. The van der Waals surface area contributed by atoms with Gasteiger partial charge in [-0.1, -0.05) is 50.2 Å². The number of piperidine rings is 1. The van der Waals surface area contributed by atoms with Crippen LogP contribution in [0.1, 0.15) is 49.8 Å². The minimum Gasteiger partial charge on any atom is -0.493 e. The summed E-state index contributed by atoms with van der Waals surface area (Å²) in [5.74, 6) is 1.79. The number of aliphatic hydroxyl groups is 1. The van der Waals surface area contributed by atoms with Crippen LogP contribution in [-0.2, 0) is 16.6 Å². The van der Waals surface area contributed by atoms with Crippen LogP contribution in [0.15, 0.2) is 48.5 Å². The van der Waals surface area contributed by atoms with Crippen LogP contribution in [0.5, 0.6) is 11.5 Å². The van der Waals surface area contributed by atoms with Crippen LogP contribution in [-0.4, -0.2) is 71.8 Å². The molecule has 0 radical (unpaired) electrons. The van der Waals surface area contributed by atoms with Gasteiger partial charge in [-0.2, -0.15) is 0 Å². The van der Waals surface area contributed by atoms with Crippen molar-refractivity contribution in [2.75, 3.05) is 27.2 Å². The minimum atomic E-state index is -0.905. The first-order valence-electron chi connectivity index (χ1n) is 13.6. The Balaban J connectivity index is 1.44. The van der Waals surface area contributed by atoms with Crippen LogP contribution >= 0.6 is 0 Å². The first kappa shape index (κ1) is 24.5. The highest BCUT2D eigenvalue weighted by atomic mass is 16.5. The molecule has 2 aromatic rings. The summed E-state index contributed by atoms with van der Waals surface area (Å²) in [6.07, 6.45) is 6.22. The number of carbonyl (C=O) groups excluding carboxylic acids is 1. The Morgan fingerprint density at radius 2 is 2.03 bits per heavy atom. The van der Waals surface area contributed by atoms with E-state index >= 15 is 0 Å². The van der Waals surface area contributed by atoms with Crippen LogP contribution in [0.3, 0.4) is 0 Å². The van der Waals surface area contributed by atoms with Gasteiger partial charge in [0.25, 0.3) is 0 Å². The highest BCUT2D eigenvalue weighted by Crippen LogP contribution is 2.65. The first-order chi connectivity index (χ1) is 17.8. The molecule has 1 amide bonds. The van der Waals surface area contributed by atoms with E-state index in [0.29, 0.717) is 31.1 Å². The van der Waals surface area contributed by atoms with Gasteiger partial charge in [-0.25, -0.2) is 0 Å². The Morgan fingerprint density at radius 1 is 1.24 bits per heavy atom. The summed E-state index contributed by atoms with van der Waals surface area (Å²) in [5, 5.41) is 12.5. The normalized spacial score (nSPS) is 31.8. The van der Waals surface area contributed by atoms with Gasteiger partial charge >= 0.3 is 0 Å². The molecule has 2 bridgehead atoms. The predicted octanol–water partition coefficient (Wildman–Crippen LogP) is 4.05. The van der Waals surface area contributed by atoms with Crippen molar-refractivity contribution in [1.82, 2.24) is 9.80 Å². The Kier molecular flexibility index (Phi) is 5.88. The smallest absolute Gasteiger partial charge is 0.246 e. The van der Waals surface area contributed by atoms with Gasteiger partial charge in [0.2, 0.25) is 5.91 Å². The average molecular weight is 503 g/mol. The fourth-order valence-corrected chi connectivity index (χ4v) is 7.81. The zero-order valence-corrected chi connectivity index (χ0v) is 22.3. The molecule has 1 saturated heterocycles. The van der Waals surface area contributed by atoms with Crippen LogP contribution in [0, 0.1) is 5.92 Å². The molecule has 2 aliphatic heterocycles. The number of amides is 1. The van der Waals surface area contributed by atoms with Crippen LogP contribution in [0.2, 0.25) is 0 Å². The number of benzene rings is 2. The summed E-state index contributed by atoms with van der Waals surface area (Å²) in [5.41, 5.74) is 1.92. The summed E-state index contributed by atoms with van der Waals surface area (Å²) in [7, 11) is 3.80. The van der Waals surface area contributed by atoms with Crippen molar-refractivity contribution in [3.05, 3.63) is 65.2 Å². The largest absolute Gasteiger partial charge is 0.493 e. The van der Waals surface area contributed by atoms with Crippen LogP contribution in [0.25, 0.3) is 6.08 Å². The summed E-state index contributed by atoms with van der Waals surface area (Å²) >= 11 is 0. The van der Waals surface area contributed by atoms with Crippen molar-refractivity contribution in [2.45, 2.75) is 68.7 Å². The van der Waals surface area contributed by atoms with Crippen molar-refractivity contribution in [3.8, 4) is 11.5 Å². The summed E-state index contributed by atoms with van der Waals surface area (Å²) in [6.45, 7) is 5.83. The lowest BCUT2D eigenvalue weighted by molar-refractivity contribution is -0.197. The molecule has 2 heterocycles. The number of likely N-dealkylation sites (tertiary alicyclic amines) is 1. The molecule has 6 heteroatoms. The van der Waals surface area contributed by atoms with Crippen LogP contribution < -0.4 is 9.47 Å². The Morgan fingerprint density at radius 3 is 2.76 bits per heavy atom. The molecule has 5 atom stereocenters. The molecule has 2 aliphatic carbocycles. The molecule has 37 heavy (non-hydrogen) atoms. The van der Waals surface area contributed by atoms with Gasteiger partial charge in [0, 0.05) is 24.2 Å². The van der Waals surface area contributed by atoms with Crippen molar-refractivity contribution >= 4 is 12.0 Å². The fraction of sp³-hybridized carbons (Fsp3) is 0.516. The molecule has 0 aromatic heterocycles. The number of hydrogen-bond donors (Lipinski definition) is 1. The van der Waals surface area contributed by atoms with Gasteiger partial charge in [-0.3, -0.25) is 4.79 Å². The number of carbonyl (C=O) groups is 1. The van der Waals surface area contributed by atoms with Crippen molar-refractivity contribution in [3.63, 3.8) is 0 Å². The Labute approximate surface area is 219 Å². The second kappa shape index (κ2) is 8.88. The molecule has 1 N–H and O–H groups in total. The lowest BCUT2D eigenvalue weighted by Gasteiger charge is -2.64. The van der Waals surface area contributed by atoms with E-state index in [2.05, 4.69) is 31.9 Å². The predicted molar refractivity (Wildman–Crippen MR) is 144 cm³/mol. The zero-order valence-electron chi connectivity index (χ0n) is 22.3. The van der Waals surface area contributed by atoms with E-state index < -0.39 is 11.0 Å². The molecule has 4 aliphatic rings. The van der Waals surface area contributed by atoms with E-state index in [1.807, 2.05) is 47.4 Å². The average Bonchev–Trinajstić information content (AvgIpc) is 3.24. The van der Waals surface area contributed by atoms with Gasteiger partial charge in [-0.05, 0) is 68.5 Å². The number of nitrogens with zero attached hydrogens (tertiary/aromatic N) is 2. The number of rotatable bonds is 6. The van der Waals surface area contributed by atoms with E-state index in [0.717, 1.165) is 36.3 Å². The summed E-state index contributed by atoms with van der Waals surface area (Å²) in [4.78, 5) is 18.1. The molecule has 2 fully saturated rings. The molecular formula is C31H38N2O4. The molecule has 196 valence electrons. The Bertz CT molecular complexity index is 1230. The van der Waals surface area contributed by atoms with Crippen LogP contribution in [0.4, 0.5) is 0 Å². The molecule has 1 spiro atoms. The van der Waals surface area contributed by atoms with Gasteiger partial charge < -0.3 is 24.4 Å². The molecule has 6 rings (SSSR count). The van der Waals surface area contributed by atoms with E-state index in [4.69, 9.17) is 9.47 Å². The Hall–Kier alpha value is -2.83.